The van der Waals surface area contributed by atoms with Crippen molar-refractivity contribution in [2.45, 2.75) is 20.0 Å². The highest BCUT2D eigenvalue weighted by Gasteiger charge is 2.25. The third-order valence-electron chi connectivity index (χ3n) is 2.31. The molecule has 0 aromatic heterocycles. The minimum Gasteiger partial charge on any atom is -0.450 e. The summed E-state index contributed by atoms with van der Waals surface area (Å²) < 4.78 is 4.54. The van der Waals surface area contributed by atoms with E-state index in [4.69, 9.17) is 6.57 Å². The average Bonchev–Trinajstić information content (AvgIpc) is 2.47. The van der Waals surface area contributed by atoms with Gasteiger partial charge < -0.3 is 10.1 Å². The molecule has 3 amide bonds. The lowest BCUT2D eigenvalue weighted by atomic mass is 10.3. The van der Waals surface area contributed by atoms with Crippen LogP contribution in [-0.2, 0) is 14.3 Å². The molecule has 0 radical (unpaired) electrons. The summed E-state index contributed by atoms with van der Waals surface area (Å²) in [6, 6.07) is 6.39. The number of carbonyl (C=O) groups excluding carboxylic acids is 3. The van der Waals surface area contributed by atoms with Gasteiger partial charge in [-0.25, -0.2) is 11.4 Å². The second-order valence-electron chi connectivity index (χ2n) is 4.16. The Hall–Kier alpha value is -3.28. The van der Waals surface area contributed by atoms with Gasteiger partial charge in [-0.2, -0.15) is 0 Å². The van der Waals surface area contributed by atoms with E-state index in [-0.39, 0.29) is 12.5 Å². The predicted molar refractivity (Wildman–Crippen MR) is 80.8 cm³/mol. The van der Waals surface area contributed by atoms with Crippen molar-refractivity contribution < 1.29 is 19.1 Å². The number of ether oxygens (including phenoxy) is 1. The van der Waals surface area contributed by atoms with E-state index in [0.717, 1.165) is 0 Å². The number of imide groups is 1. The van der Waals surface area contributed by atoms with Crippen LogP contribution in [0.15, 0.2) is 34.5 Å². The smallest absolute Gasteiger partial charge is 0.414 e. The molecule has 0 spiro atoms. The molecule has 0 saturated carbocycles. The Morgan fingerprint density at radius 3 is 2.74 bits per heavy atom. The van der Waals surface area contributed by atoms with Gasteiger partial charge in [-0.1, -0.05) is 11.2 Å². The molecular formula is C14H15N5O4. The molecular weight excluding hydrogens is 302 g/mol. The summed E-state index contributed by atoms with van der Waals surface area (Å²) >= 11 is 0. The first-order valence-corrected chi connectivity index (χ1v) is 6.59. The zero-order valence-electron chi connectivity index (χ0n) is 12.6. The zero-order chi connectivity index (χ0) is 17.2. The molecule has 0 aliphatic rings. The summed E-state index contributed by atoms with van der Waals surface area (Å²) in [5.74, 6) is -1.17. The number of carbonyl (C=O) groups is 3. The van der Waals surface area contributed by atoms with Crippen molar-refractivity contribution >= 4 is 29.3 Å². The second kappa shape index (κ2) is 8.89. The highest BCUT2D eigenvalue weighted by atomic mass is 16.5. The van der Waals surface area contributed by atoms with Crippen molar-refractivity contribution in [1.29, 1.82) is 0 Å². The minimum absolute atomic E-state index is 0.0965. The summed E-state index contributed by atoms with van der Waals surface area (Å²) in [6.45, 7) is 9.98. The molecule has 0 heterocycles. The van der Waals surface area contributed by atoms with Crippen LogP contribution in [0.3, 0.4) is 0 Å². The highest BCUT2D eigenvalue weighted by Crippen LogP contribution is 2.18. The van der Waals surface area contributed by atoms with Crippen LogP contribution < -0.4 is 10.6 Å². The number of benzene rings is 1. The molecule has 9 nitrogen and oxygen atoms in total. The van der Waals surface area contributed by atoms with Crippen LogP contribution in [0.25, 0.3) is 4.85 Å². The van der Waals surface area contributed by atoms with Crippen LogP contribution in [-0.4, -0.2) is 30.7 Å². The van der Waals surface area contributed by atoms with Crippen LogP contribution in [0.2, 0.25) is 0 Å². The molecule has 23 heavy (non-hydrogen) atoms. The number of amides is 3. The molecule has 1 atom stereocenters. The zero-order valence-corrected chi connectivity index (χ0v) is 12.6. The topological polar surface area (TPSA) is 114 Å². The van der Waals surface area contributed by atoms with Crippen molar-refractivity contribution in [1.82, 2.24) is 5.32 Å². The van der Waals surface area contributed by atoms with Crippen LogP contribution in [0.1, 0.15) is 13.8 Å². The fraction of sp³-hybridized carbons (Fsp3) is 0.286. The Labute approximate surface area is 132 Å². The number of anilines is 1. The lowest BCUT2D eigenvalue weighted by Gasteiger charge is -2.03. The average molecular weight is 317 g/mol. The molecule has 0 fully saturated rings. The van der Waals surface area contributed by atoms with Gasteiger partial charge in [0.1, 0.15) is 0 Å². The van der Waals surface area contributed by atoms with Gasteiger partial charge >= 0.3 is 18.2 Å². The molecule has 1 aromatic rings. The minimum atomic E-state index is -1.51. The fourth-order valence-electron chi connectivity index (χ4n) is 1.44. The lowest BCUT2D eigenvalue weighted by Crippen LogP contribution is -2.36. The van der Waals surface area contributed by atoms with Crippen LogP contribution in [0.5, 0.6) is 0 Å². The van der Waals surface area contributed by atoms with Gasteiger partial charge in [0.15, 0.2) is 0 Å². The number of hydrogen-bond acceptors (Lipinski definition) is 6. The third kappa shape index (κ3) is 6.34. The van der Waals surface area contributed by atoms with Gasteiger partial charge in [0, 0.05) is 12.6 Å². The molecule has 0 aliphatic heterocycles. The first-order chi connectivity index (χ1) is 11.0. The third-order valence-corrected chi connectivity index (χ3v) is 2.31. The lowest BCUT2D eigenvalue weighted by molar-refractivity contribution is -0.120. The summed E-state index contributed by atoms with van der Waals surface area (Å²) in [5, 5.41) is 11.8. The van der Waals surface area contributed by atoms with Gasteiger partial charge in [0.25, 0.3) is 0 Å². The molecule has 0 bridgehead atoms. The normalized spacial score (nSPS) is 11.3. The van der Waals surface area contributed by atoms with E-state index in [1.165, 1.54) is 13.0 Å². The number of rotatable bonds is 5. The first-order valence-electron chi connectivity index (χ1n) is 6.59. The Balaban J connectivity index is 2.77. The van der Waals surface area contributed by atoms with Gasteiger partial charge in [-0.15, -0.1) is 5.11 Å². The summed E-state index contributed by atoms with van der Waals surface area (Å²) in [7, 11) is 0. The Morgan fingerprint density at radius 2 is 2.13 bits per heavy atom. The molecule has 1 aromatic carbocycles. The molecule has 9 heteroatoms. The maximum atomic E-state index is 11.7. The molecule has 1 rings (SSSR count). The second-order valence-corrected chi connectivity index (χ2v) is 4.16. The monoisotopic (exact) mass is 317 g/mol. The number of alkyl carbamates (subject to hydrolysis) is 1. The number of nitrogens with zero attached hydrogens (tertiary/aromatic N) is 3. The highest BCUT2D eigenvalue weighted by molar-refractivity contribution is 5.95. The predicted octanol–water partition coefficient (Wildman–Crippen LogP) is 2.25. The molecule has 0 saturated heterocycles. The van der Waals surface area contributed by atoms with Crippen molar-refractivity contribution in [3.8, 4) is 0 Å². The van der Waals surface area contributed by atoms with Crippen molar-refractivity contribution in [2.24, 2.45) is 10.2 Å². The number of nitrogens with one attached hydrogen (secondary N) is 2. The van der Waals surface area contributed by atoms with E-state index in [2.05, 4.69) is 25.1 Å². The molecule has 2 N–H and O–H groups in total. The van der Waals surface area contributed by atoms with Crippen LogP contribution >= 0.6 is 0 Å². The number of azo groups is 1. The van der Waals surface area contributed by atoms with Gasteiger partial charge in [-0.3, -0.25) is 19.8 Å². The standard InChI is InChI=1S/C14H15N5O4/c1-4-23-14(22)17-13(21)12(15-3)19-18-11-7-5-6-10(8-11)16-9(2)20/h5-8,12H,4H2,1-2H3,(H,16,20)(H,17,21,22). The fourth-order valence-corrected chi connectivity index (χ4v) is 1.44. The van der Waals surface area contributed by atoms with E-state index >= 15 is 0 Å². The van der Waals surface area contributed by atoms with E-state index in [1.807, 2.05) is 5.32 Å². The number of hydrogen-bond donors (Lipinski definition) is 2. The van der Waals surface area contributed by atoms with Gasteiger partial charge in [0.2, 0.25) is 5.91 Å². The van der Waals surface area contributed by atoms with E-state index in [0.29, 0.717) is 11.4 Å². The Morgan fingerprint density at radius 1 is 1.39 bits per heavy atom. The van der Waals surface area contributed by atoms with Crippen LogP contribution in [0.4, 0.5) is 16.2 Å². The van der Waals surface area contributed by atoms with E-state index in [9.17, 15) is 14.4 Å². The summed E-state index contributed by atoms with van der Waals surface area (Å²) in [5.41, 5.74) is 0.845. The van der Waals surface area contributed by atoms with Gasteiger partial charge in [0.05, 0.1) is 12.3 Å². The van der Waals surface area contributed by atoms with Gasteiger partial charge in [-0.05, 0) is 25.1 Å². The molecule has 120 valence electrons. The summed E-state index contributed by atoms with van der Waals surface area (Å²) in [6.07, 6.45) is -2.46. The Bertz CT molecular complexity index is 665. The molecule has 1 unspecified atom stereocenters. The maximum absolute atomic E-state index is 11.7. The van der Waals surface area contributed by atoms with Crippen LogP contribution in [0, 0.1) is 6.57 Å². The van der Waals surface area contributed by atoms with E-state index in [1.54, 1.807) is 25.1 Å². The van der Waals surface area contributed by atoms with Crippen molar-refractivity contribution in [2.75, 3.05) is 11.9 Å². The summed E-state index contributed by atoms with van der Waals surface area (Å²) in [4.78, 5) is 36.8. The Kier molecular flexibility index (Phi) is 6.87. The van der Waals surface area contributed by atoms with E-state index < -0.39 is 18.2 Å². The van der Waals surface area contributed by atoms with Crippen molar-refractivity contribution in [3.63, 3.8) is 0 Å². The first kappa shape index (κ1) is 17.8. The molecule has 0 aliphatic carbocycles. The SMILES string of the molecule is [C-]#[N+]C(N=Nc1cccc(NC(C)=O)c1)C(=O)NC(=O)OCC. The largest absolute Gasteiger partial charge is 0.450 e. The quantitative estimate of drug-likeness (QED) is 0.640. The maximum Gasteiger partial charge on any atom is 0.414 e. The van der Waals surface area contributed by atoms with Crippen molar-refractivity contribution in [3.05, 3.63) is 35.7 Å².